The summed E-state index contributed by atoms with van der Waals surface area (Å²) < 4.78 is 0. The number of aromatic nitrogens is 1. The first-order chi connectivity index (χ1) is 8.16. The maximum Gasteiger partial charge on any atom is 0.188 e. The average molecular weight is 229 g/mol. The first kappa shape index (κ1) is 12.0. The lowest BCUT2D eigenvalue weighted by atomic mass is 9.99. The Labute approximate surface area is 103 Å². The first-order valence-electron chi connectivity index (χ1n) is 6.36. The smallest absolute Gasteiger partial charge is 0.188 e. The Bertz CT molecular complexity index is 440. The zero-order valence-electron chi connectivity index (χ0n) is 10.6. The highest BCUT2D eigenvalue weighted by molar-refractivity contribution is 6.08. The fourth-order valence-electron chi connectivity index (χ4n) is 2.37. The van der Waals surface area contributed by atoms with Crippen LogP contribution in [-0.2, 0) is 0 Å². The minimum Gasteiger partial charge on any atom is -0.289 e. The summed E-state index contributed by atoms with van der Waals surface area (Å²) in [5.74, 6) is 0.195. The van der Waals surface area contributed by atoms with E-state index in [1.54, 1.807) is 0 Å². The van der Waals surface area contributed by atoms with E-state index in [-0.39, 0.29) is 5.78 Å². The summed E-state index contributed by atoms with van der Waals surface area (Å²) in [5.41, 5.74) is 3.63. The fraction of sp³-hybridized carbons (Fsp3) is 0.467. The summed E-state index contributed by atoms with van der Waals surface area (Å²) in [4.78, 5) is 16.7. The quantitative estimate of drug-likeness (QED) is 0.722. The van der Waals surface area contributed by atoms with E-state index in [0.29, 0.717) is 0 Å². The molecule has 90 valence electrons. The van der Waals surface area contributed by atoms with Crippen LogP contribution in [0.5, 0.6) is 0 Å². The van der Waals surface area contributed by atoms with Gasteiger partial charge in [0, 0.05) is 17.0 Å². The van der Waals surface area contributed by atoms with Crippen LogP contribution in [0.3, 0.4) is 0 Å². The van der Waals surface area contributed by atoms with Crippen LogP contribution in [0.25, 0.3) is 0 Å². The molecule has 2 rings (SSSR count). The molecule has 2 nitrogen and oxygen atoms in total. The van der Waals surface area contributed by atoms with Gasteiger partial charge in [-0.25, -0.2) is 0 Å². The molecule has 1 aromatic rings. The number of ketones is 1. The molecule has 1 aliphatic carbocycles. The van der Waals surface area contributed by atoms with Gasteiger partial charge in [0.25, 0.3) is 0 Å². The Morgan fingerprint density at radius 3 is 2.53 bits per heavy atom. The van der Waals surface area contributed by atoms with Crippen LogP contribution in [0.1, 0.15) is 53.8 Å². The van der Waals surface area contributed by atoms with Gasteiger partial charge in [-0.2, -0.15) is 0 Å². The van der Waals surface area contributed by atoms with E-state index in [4.69, 9.17) is 0 Å². The Balaban J connectivity index is 2.26. The van der Waals surface area contributed by atoms with Crippen molar-refractivity contribution < 1.29 is 4.79 Å². The lowest BCUT2D eigenvalue weighted by Crippen LogP contribution is -2.05. The molecule has 0 atom stereocenters. The van der Waals surface area contributed by atoms with Gasteiger partial charge in [-0.05, 0) is 57.2 Å². The highest BCUT2D eigenvalue weighted by Crippen LogP contribution is 2.21. The van der Waals surface area contributed by atoms with Gasteiger partial charge >= 0.3 is 0 Å². The van der Waals surface area contributed by atoms with Crippen LogP contribution in [0.2, 0.25) is 0 Å². The largest absolute Gasteiger partial charge is 0.289 e. The molecule has 0 fully saturated rings. The molecule has 1 heterocycles. The van der Waals surface area contributed by atoms with Crippen LogP contribution >= 0.6 is 0 Å². The van der Waals surface area contributed by atoms with Crippen molar-refractivity contribution in [3.05, 3.63) is 40.7 Å². The molecule has 1 aromatic heterocycles. The SMILES string of the molecule is Cc1cc(C(=O)C2=CCCCCC2)cc(C)n1. The summed E-state index contributed by atoms with van der Waals surface area (Å²) in [7, 11) is 0. The normalized spacial score (nSPS) is 16.2. The molecule has 1 aliphatic rings. The third-order valence-corrected chi connectivity index (χ3v) is 3.18. The Morgan fingerprint density at radius 2 is 1.82 bits per heavy atom. The number of hydrogen-bond donors (Lipinski definition) is 0. The zero-order chi connectivity index (χ0) is 12.3. The van der Waals surface area contributed by atoms with E-state index in [2.05, 4.69) is 11.1 Å². The van der Waals surface area contributed by atoms with E-state index in [1.807, 2.05) is 26.0 Å². The molecular weight excluding hydrogens is 210 g/mol. The molecule has 0 aromatic carbocycles. The molecule has 0 bridgehead atoms. The lowest BCUT2D eigenvalue weighted by Gasteiger charge is -2.06. The second kappa shape index (κ2) is 5.26. The Kier molecular flexibility index (Phi) is 3.72. The van der Waals surface area contributed by atoms with Gasteiger partial charge in [0.1, 0.15) is 0 Å². The van der Waals surface area contributed by atoms with E-state index in [0.717, 1.165) is 41.8 Å². The van der Waals surface area contributed by atoms with Gasteiger partial charge in [0.15, 0.2) is 5.78 Å². The van der Waals surface area contributed by atoms with Crippen molar-refractivity contribution in [3.63, 3.8) is 0 Å². The summed E-state index contributed by atoms with van der Waals surface area (Å²) in [6.07, 6.45) is 7.69. The predicted molar refractivity (Wildman–Crippen MR) is 69.2 cm³/mol. The Morgan fingerprint density at radius 1 is 1.12 bits per heavy atom. The monoisotopic (exact) mass is 229 g/mol. The molecule has 0 saturated heterocycles. The standard InChI is InChI=1S/C15H19NO/c1-11-9-14(10-12(2)16-11)15(17)13-7-5-3-4-6-8-13/h7,9-10H,3-6,8H2,1-2H3. The molecule has 0 aliphatic heterocycles. The predicted octanol–water partition coefficient (Wildman–Crippen LogP) is 3.77. The molecule has 0 unspecified atom stereocenters. The number of allylic oxidation sites excluding steroid dienone is 2. The highest BCUT2D eigenvalue weighted by atomic mass is 16.1. The number of pyridine rings is 1. The topological polar surface area (TPSA) is 30.0 Å². The summed E-state index contributed by atoms with van der Waals surface area (Å²) in [6, 6.07) is 3.78. The lowest BCUT2D eigenvalue weighted by molar-refractivity contribution is 0.103. The van der Waals surface area contributed by atoms with Crippen LogP contribution in [-0.4, -0.2) is 10.8 Å². The van der Waals surface area contributed by atoms with E-state index >= 15 is 0 Å². The molecule has 0 spiro atoms. The number of Topliss-reactive ketones (excluding diaryl/α,β-unsaturated/α-hetero) is 1. The minimum atomic E-state index is 0.195. The van der Waals surface area contributed by atoms with E-state index < -0.39 is 0 Å². The van der Waals surface area contributed by atoms with Crippen molar-refractivity contribution in [1.29, 1.82) is 0 Å². The van der Waals surface area contributed by atoms with Gasteiger partial charge < -0.3 is 0 Å². The zero-order valence-corrected chi connectivity index (χ0v) is 10.6. The average Bonchev–Trinajstić information content (AvgIpc) is 2.55. The molecule has 0 saturated carbocycles. The van der Waals surface area contributed by atoms with Crippen molar-refractivity contribution in [2.75, 3.05) is 0 Å². The fourth-order valence-corrected chi connectivity index (χ4v) is 2.37. The third-order valence-electron chi connectivity index (χ3n) is 3.18. The number of rotatable bonds is 2. The number of carbonyl (C=O) groups is 1. The van der Waals surface area contributed by atoms with Gasteiger partial charge in [-0.15, -0.1) is 0 Å². The Hall–Kier alpha value is -1.44. The number of hydrogen-bond acceptors (Lipinski definition) is 2. The van der Waals surface area contributed by atoms with Crippen molar-refractivity contribution >= 4 is 5.78 Å². The van der Waals surface area contributed by atoms with Gasteiger partial charge in [-0.1, -0.05) is 12.5 Å². The van der Waals surface area contributed by atoms with Crippen molar-refractivity contribution in [2.45, 2.75) is 46.0 Å². The van der Waals surface area contributed by atoms with Gasteiger partial charge in [0.05, 0.1) is 0 Å². The van der Waals surface area contributed by atoms with Crippen LogP contribution in [0, 0.1) is 13.8 Å². The van der Waals surface area contributed by atoms with Crippen LogP contribution in [0.15, 0.2) is 23.8 Å². The summed E-state index contributed by atoms with van der Waals surface area (Å²) in [5, 5.41) is 0. The number of aryl methyl sites for hydroxylation is 2. The van der Waals surface area contributed by atoms with E-state index in [9.17, 15) is 4.79 Å². The molecule has 0 radical (unpaired) electrons. The number of nitrogens with zero attached hydrogens (tertiary/aromatic N) is 1. The maximum absolute atomic E-state index is 12.4. The van der Waals surface area contributed by atoms with Crippen molar-refractivity contribution in [3.8, 4) is 0 Å². The van der Waals surface area contributed by atoms with Crippen molar-refractivity contribution in [1.82, 2.24) is 4.98 Å². The summed E-state index contributed by atoms with van der Waals surface area (Å²) in [6.45, 7) is 3.87. The number of carbonyl (C=O) groups excluding carboxylic acids is 1. The van der Waals surface area contributed by atoms with Gasteiger partial charge in [-0.3, -0.25) is 9.78 Å². The molecule has 2 heteroatoms. The molecule has 0 N–H and O–H groups in total. The molecule has 17 heavy (non-hydrogen) atoms. The first-order valence-corrected chi connectivity index (χ1v) is 6.36. The molecule has 0 amide bonds. The third kappa shape index (κ3) is 3.02. The maximum atomic E-state index is 12.4. The highest BCUT2D eigenvalue weighted by Gasteiger charge is 2.14. The van der Waals surface area contributed by atoms with E-state index in [1.165, 1.54) is 12.8 Å². The van der Waals surface area contributed by atoms with Crippen LogP contribution < -0.4 is 0 Å². The minimum absolute atomic E-state index is 0.195. The second-order valence-corrected chi connectivity index (χ2v) is 4.80. The molecular formula is C15H19NO. The second-order valence-electron chi connectivity index (χ2n) is 4.80. The van der Waals surface area contributed by atoms with Crippen LogP contribution in [0.4, 0.5) is 0 Å². The van der Waals surface area contributed by atoms with Crippen molar-refractivity contribution in [2.24, 2.45) is 0 Å². The van der Waals surface area contributed by atoms with Gasteiger partial charge in [0.2, 0.25) is 0 Å². The summed E-state index contributed by atoms with van der Waals surface area (Å²) >= 11 is 0.